The minimum Gasteiger partial charge on any atom is -0.457 e. The van der Waals surface area contributed by atoms with Crippen molar-refractivity contribution in [2.75, 3.05) is 5.32 Å². The van der Waals surface area contributed by atoms with Crippen LogP contribution >= 0.6 is 0 Å². The predicted molar refractivity (Wildman–Crippen MR) is 109 cm³/mol. The Kier molecular flexibility index (Phi) is 6.26. The Morgan fingerprint density at radius 1 is 1.00 bits per heavy atom. The first-order valence-electron chi connectivity index (χ1n) is 9.35. The second-order valence-corrected chi connectivity index (χ2v) is 6.50. The molecule has 0 bridgehead atoms. The second-order valence-electron chi connectivity index (χ2n) is 6.50. The SMILES string of the molecule is CCCCCc1c(C)nc(Nc2ccc(Oc3ccccc3)cc2)[nH]c1=O. The number of aromatic nitrogens is 2. The van der Waals surface area contributed by atoms with Crippen molar-refractivity contribution in [1.82, 2.24) is 9.97 Å². The molecule has 140 valence electrons. The molecule has 0 aliphatic rings. The number of hydrogen-bond acceptors (Lipinski definition) is 4. The molecule has 0 aliphatic carbocycles. The summed E-state index contributed by atoms with van der Waals surface area (Å²) in [5, 5.41) is 3.15. The molecule has 0 aliphatic heterocycles. The molecular formula is C22H25N3O2. The van der Waals surface area contributed by atoms with E-state index in [0.29, 0.717) is 5.95 Å². The maximum absolute atomic E-state index is 12.3. The summed E-state index contributed by atoms with van der Waals surface area (Å²) in [5.74, 6) is 1.99. The predicted octanol–water partition coefficient (Wildman–Crippen LogP) is 5.35. The van der Waals surface area contributed by atoms with Crippen molar-refractivity contribution in [3.05, 3.63) is 76.2 Å². The molecule has 1 aromatic heterocycles. The average molecular weight is 363 g/mol. The van der Waals surface area contributed by atoms with Crippen molar-refractivity contribution in [2.24, 2.45) is 0 Å². The number of nitrogens with one attached hydrogen (secondary N) is 2. The van der Waals surface area contributed by atoms with Crippen molar-refractivity contribution in [3.8, 4) is 11.5 Å². The largest absolute Gasteiger partial charge is 0.457 e. The molecule has 5 nitrogen and oxygen atoms in total. The van der Waals surface area contributed by atoms with E-state index in [1.165, 1.54) is 0 Å². The highest BCUT2D eigenvalue weighted by atomic mass is 16.5. The fourth-order valence-corrected chi connectivity index (χ4v) is 2.88. The normalized spacial score (nSPS) is 10.6. The smallest absolute Gasteiger partial charge is 0.255 e. The van der Waals surface area contributed by atoms with Crippen molar-refractivity contribution < 1.29 is 4.74 Å². The summed E-state index contributed by atoms with van der Waals surface area (Å²) in [5.41, 5.74) is 2.32. The van der Waals surface area contributed by atoms with E-state index < -0.39 is 0 Å². The van der Waals surface area contributed by atoms with Gasteiger partial charge in [0.25, 0.3) is 5.56 Å². The summed E-state index contributed by atoms with van der Waals surface area (Å²) in [6, 6.07) is 17.2. The van der Waals surface area contributed by atoms with E-state index in [1.54, 1.807) is 0 Å². The van der Waals surface area contributed by atoms with Crippen molar-refractivity contribution in [1.29, 1.82) is 0 Å². The van der Waals surface area contributed by atoms with Gasteiger partial charge < -0.3 is 10.1 Å². The molecule has 0 saturated carbocycles. The van der Waals surface area contributed by atoms with E-state index in [0.717, 1.165) is 54.1 Å². The monoisotopic (exact) mass is 363 g/mol. The van der Waals surface area contributed by atoms with Gasteiger partial charge in [0.2, 0.25) is 5.95 Å². The first kappa shape index (κ1) is 18.7. The van der Waals surface area contributed by atoms with Crippen molar-refractivity contribution in [3.63, 3.8) is 0 Å². The van der Waals surface area contributed by atoms with Crippen LogP contribution in [0.1, 0.15) is 37.4 Å². The van der Waals surface area contributed by atoms with Crippen molar-refractivity contribution in [2.45, 2.75) is 39.5 Å². The average Bonchev–Trinajstić information content (AvgIpc) is 2.66. The molecular weight excluding hydrogens is 338 g/mol. The number of aromatic amines is 1. The van der Waals surface area contributed by atoms with E-state index in [4.69, 9.17) is 4.74 Å². The molecule has 0 amide bonds. The number of ether oxygens (including phenoxy) is 1. The standard InChI is InChI=1S/C22H25N3O2/c1-3-4-6-11-20-16(2)23-22(25-21(20)26)24-17-12-14-19(15-13-17)27-18-9-7-5-8-10-18/h5,7-10,12-15H,3-4,6,11H2,1-2H3,(H2,23,24,25,26). The van der Waals surface area contributed by atoms with Crippen LogP contribution in [0.5, 0.6) is 11.5 Å². The highest BCUT2D eigenvalue weighted by Crippen LogP contribution is 2.23. The van der Waals surface area contributed by atoms with E-state index in [-0.39, 0.29) is 5.56 Å². The number of unbranched alkanes of at least 4 members (excludes halogenated alkanes) is 2. The maximum atomic E-state index is 12.3. The summed E-state index contributed by atoms with van der Waals surface area (Å²) in [7, 11) is 0. The highest BCUT2D eigenvalue weighted by molar-refractivity contribution is 5.55. The zero-order valence-electron chi connectivity index (χ0n) is 15.8. The quantitative estimate of drug-likeness (QED) is 0.530. The molecule has 0 radical (unpaired) electrons. The molecule has 0 saturated heterocycles. The Labute approximate surface area is 159 Å². The summed E-state index contributed by atoms with van der Waals surface area (Å²) >= 11 is 0. The van der Waals surface area contributed by atoms with Crippen LogP contribution in [0.15, 0.2) is 59.4 Å². The highest BCUT2D eigenvalue weighted by Gasteiger charge is 2.08. The fraction of sp³-hybridized carbons (Fsp3) is 0.273. The fourth-order valence-electron chi connectivity index (χ4n) is 2.88. The molecule has 5 heteroatoms. The van der Waals surface area contributed by atoms with E-state index in [1.807, 2.05) is 61.5 Å². The van der Waals surface area contributed by atoms with Gasteiger partial charge in [0.15, 0.2) is 0 Å². The van der Waals surface area contributed by atoms with Gasteiger partial charge >= 0.3 is 0 Å². The number of benzene rings is 2. The Morgan fingerprint density at radius 2 is 1.70 bits per heavy atom. The molecule has 27 heavy (non-hydrogen) atoms. The molecule has 1 heterocycles. The molecule has 0 spiro atoms. The summed E-state index contributed by atoms with van der Waals surface area (Å²) in [4.78, 5) is 19.7. The van der Waals surface area contributed by atoms with Crippen LogP contribution in [0.4, 0.5) is 11.6 Å². The van der Waals surface area contributed by atoms with Crippen LogP contribution in [-0.2, 0) is 6.42 Å². The van der Waals surface area contributed by atoms with Gasteiger partial charge in [-0.3, -0.25) is 9.78 Å². The van der Waals surface area contributed by atoms with E-state index >= 15 is 0 Å². The molecule has 3 rings (SSSR count). The van der Waals surface area contributed by atoms with Gasteiger partial charge in [0, 0.05) is 16.9 Å². The Balaban J connectivity index is 1.67. The van der Waals surface area contributed by atoms with Crippen LogP contribution in [0, 0.1) is 6.92 Å². The second kappa shape index (κ2) is 9.03. The van der Waals surface area contributed by atoms with Crippen LogP contribution < -0.4 is 15.6 Å². The minimum absolute atomic E-state index is 0.0647. The van der Waals surface area contributed by atoms with E-state index in [2.05, 4.69) is 22.2 Å². The van der Waals surface area contributed by atoms with Gasteiger partial charge in [-0.05, 0) is 56.2 Å². The topological polar surface area (TPSA) is 67.0 Å². The van der Waals surface area contributed by atoms with Crippen LogP contribution in [0.25, 0.3) is 0 Å². The summed E-state index contributed by atoms with van der Waals surface area (Å²) < 4.78 is 5.78. The first-order valence-corrected chi connectivity index (χ1v) is 9.35. The first-order chi connectivity index (χ1) is 13.2. The van der Waals surface area contributed by atoms with Crippen LogP contribution in [-0.4, -0.2) is 9.97 Å². The number of para-hydroxylation sites is 1. The lowest BCUT2D eigenvalue weighted by Crippen LogP contribution is -2.18. The number of aryl methyl sites for hydroxylation is 1. The van der Waals surface area contributed by atoms with Crippen LogP contribution in [0.2, 0.25) is 0 Å². The van der Waals surface area contributed by atoms with Gasteiger partial charge in [-0.2, -0.15) is 0 Å². The number of hydrogen-bond donors (Lipinski definition) is 2. The lowest BCUT2D eigenvalue weighted by molar-refractivity contribution is 0.483. The Hall–Kier alpha value is -3.08. The van der Waals surface area contributed by atoms with Gasteiger partial charge in [-0.15, -0.1) is 0 Å². The lowest BCUT2D eigenvalue weighted by atomic mass is 10.1. The van der Waals surface area contributed by atoms with Gasteiger partial charge in [-0.25, -0.2) is 4.98 Å². The number of anilines is 2. The number of rotatable bonds is 8. The van der Waals surface area contributed by atoms with E-state index in [9.17, 15) is 4.79 Å². The summed E-state index contributed by atoms with van der Waals surface area (Å²) in [6.07, 6.45) is 4.04. The molecule has 2 aromatic carbocycles. The Morgan fingerprint density at radius 3 is 2.37 bits per heavy atom. The van der Waals surface area contributed by atoms with Gasteiger partial charge in [0.1, 0.15) is 11.5 Å². The zero-order valence-corrected chi connectivity index (χ0v) is 15.8. The van der Waals surface area contributed by atoms with Crippen LogP contribution in [0.3, 0.4) is 0 Å². The van der Waals surface area contributed by atoms with Gasteiger partial charge in [0.05, 0.1) is 0 Å². The molecule has 2 N–H and O–H groups in total. The van der Waals surface area contributed by atoms with Gasteiger partial charge in [-0.1, -0.05) is 38.0 Å². The van der Waals surface area contributed by atoms with Crippen molar-refractivity contribution >= 4 is 11.6 Å². The number of nitrogens with zero attached hydrogens (tertiary/aromatic N) is 1. The minimum atomic E-state index is -0.0647. The molecule has 3 aromatic rings. The third-order valence-corrected chi connectivity index (χ3v) is 4.35. The Bertz CT molecular complexity index is 919. The third-order valence-electron chi connectivity index (χ3n) is 4.35. The lowest BCUT2D eigenvalue weighted by Gasteiger charge is -2.10. The molecule has 0 fully saturated rings. The number of H-pyrrole nitrogens is 1. The summed E-state index contributed by atoms with van der Waals surface area (Å²) in [6.45, 7) is 4.04. The molecule has 0 atom stereocenters. The maximum Gasteiger partial charge on any atom is 0.255 e. The third kappa shape index (κ3) is 5.20. The zero-order chi connectivity index (χ0) is 19.1. The molecule has 0 unspecified atom stereocenters.